The van der Waals surface area contributed by atoms with Crippen LogP contribution in [0.3, 0.4) is 0 Å². The predicted molar refractivity (Wildman–Crippen MR) is 96.5 cm³/mol. The Bertz CT molecular complexity index is 814. The van der Waals surface area contributed by atoms with Crippen molar-refractivity contribution in [3.05, 3.63) is 41.1 Å². The molecular formula is C20H24N2O3. The van der Waals surface area contributed by atoms with E-state index < -0.39 is 5.97 Å². The smallest absolute Gasteiger partial charge is 0.339 e. The first-order valence-electron chi connectivity index (χ1n) is 8.84. The summed E-state index contributed by atoms with van der Waals surface area (Å²) in [6.07, 6.45) is 2.70. The van der Waals surface area contributed by atoms with Crippen LogP contribution in [-0.2, 0) is 22.4 Å². The maximum absolute atomic E-state index is 12.7. The normalized spacial score (nSPS) is 14.4. The van der Waals surface area contributed by atoms with Crippen molar-refractivity contribution in [1.82, 2.24) is 10.3 Å². The number of amides is 1. The lowest BCUT2D eigenvalue weighted by atomic mass is 10.0. The van der Waals surface area contributed by atoms with Crippen molar-refractivity contribution in [1.29, 1.82) is 0 Å². The van der Waals surface area contributed by atoms with Gasteiger partial charge in [0, 0.05) is 17.1 Å². The molecule has 0 saturated heterocycles. The summed E-state index contributed by atoms with van der Waals surface area (Å²) in [7, 11) is 0. The molecule has 0 radical (unpaired) electrons. The average molecular weight is 340 g/mol. The number of hydrogen-bond donors (Lipinski definition) is 1. The Labute approximate surface area is 147 Å². The number of benzene rings is 1. The maximum atomic E-state index is 12.7. The van der Waals surface area contributed by atoms with E-state index in [2.05, 4.69) is 10.3 Å². The fraction of sp³-hybridized carbons (Fsp3) is 0.450. The number of pyridine rings is 1. The van der Waals surface area contributed by atoms with E-state index in [0.29, 0.717) is 11.5 Å². The molecule has 0 spiro atoms. The van der Waals surface area contributed by atoms with Crippen molar-refractivity contribution in [2.24, 2.45) is 5.92 Å². The third-order valence-electron chi connectivity index (χ3n) is 4.85. The molecule has 1 aliphatic carbocycles. The summed E-state index contributed by atoms with van der Waals surface area (Å²) in [5.41, 5.74) is 3.32. The third kappa shape index (κ3) is 3.65. The molecule has 5 heteroatoms. The van der Waals surface area contributed by atoms with Crippen LogP contribution in [0.4, 0.5) is 0 Å². The molecule has 1 N–H and O–H groups in total. The van der Waals surface area contributed by atoms with Crippen molar-refractivity contribution < 1.29 is 14.3 Å². The Hall–Kier alpha value is -2.43. The number of nitrogens with zero attached hydrogens (tertiary/aromatic N) is 1. The van der Waals surface area contributed by atoms with Gasteiger partial charge in [0.2, 0.25) is 0 Å². The minimum atomic E-state index is -0.441. The highest BCUT2D eigenvalue weighted by Crippen LogP contribution is 2.30. The molecule has 0 fully saturated rings. The molecule has 2 aromatic rings. The van der Waals surface area contributed by atoms with Gasteiger partial charge in [-0.15, -0.1) is 0 Å². The van der Waals surface area contributed by atoms with Crippen LogP contribution in [-0.4, -0.2) is 29.5 Å². The Kier molecular flexibility index (Phi) is 5.02. The van der Waals surface area contributed by atoms with Crippen LogP contribution in [0.5, 0.6) is 0 Å². The van der Waals surface area contributed by atoms with Crippen molar-refractivity contribution in [3.63, 3.8) is 0 Å². The van der Waals surface area contributed by atoms with Gasteiger partial charge in [0.05, 0.1) is 11.1 Å². The fourth-order valence-corrected chi connectivity index (χ4v) is 3.11. The minimum Gasteiger partial charge on any atom is -0.452 e. The largest absolute Gasteiger partial charge is 0.452 e. The third-order valence-corrected chi connectivity index (χ3v) is 4.85. The highest BCUT2D eigenvalue weighted by Gasteiger charge is 2.25. The second-order valence-electron chi connectivity index (χ2n) is 6.96. The van der Waals surface area contributed by atoms with Crippen LogP contribution in [0.25, 0.3) is 10.9 Å². The van der Waals surface area contributed by atoms with Crippen LogP contribution in [0.1, 0.15) is 48.8 Å². The molecule has 1 atom stereocenters. The van der Waals surface area contributed by atoms with E-state index in [4.69, 9.17) is 4.74 Å². The van der Waals surface area contributed by atoms with Gasteiger partial charge < -0.3 is 10.1 Å². The Morgan fingerprint density at radius 3 is 2.72 bits per heavy atom. The van der Waals surface area contributed by atoms with Gasteiger partial charge in [0.15, 0.2) is 6.61 Å². The average Bonchev–Trinajstić information content (AvgIpc) is 3.05. The maximum Gasteiger partial charge on any atom is 0.339 e. The van der Waals surface area contributed by atoms with E-state index >= 15 is 0 Å². The summed E-state index contributed by atoms with van der Waals surface area (Å²) in [4.78, 5) is 29.4. The van der Waals surface area contributed by atoms with Crippen LogP contribution >= 0.6 is 0 Å². The summed E-state index contributed by atoms with van der Waals surface area (Å²) in [5.74, 6) is -0.388. The van der Waals surface area contributed by atoms with E-state index in [1.54, 1.807) is 0 Å². The van der Waals surface area contributed by atoms with E-state index in [1.165, 1.54) is 0 Å². The summed E-state index contributed by atoms with van der Waals surface area (Å²) in [6.45, 7) is 5.74. The first-order chi connectivity index (χ1) is 12.0. The number of esters is 1. The number of carbonyl (C=O) groups excluding carboxylic acids is 2. The number of fused-ring (bicyclic) bond motifs is 2. The lowest BCUT2D eigenvalue weighted by Gasteiger charge is -2.17. The van der Waals surface area contributed by atoms with Crippen molar-refractivity contribution >= 4 is 22.8 Å². The number of ether oxygens (including phenoxy) is 1. The summed E-state index contributed by atoms with van der Waals surface area (Å²) in [6, 6.07) is 7.63. The molecule has 1 aliphatic rings. The summed E-state index contributed by atoms with van der Waals surface area (Å²) < 4.78 is 5.33. The molecule has 1 aromatic heterocycles. The van der Waals surface area contributed by atoms with Crippen molar-refractivity contribution in [3.8, 4) is 0 Å². The molecule has 0 saturated carbocycles. The zero-order valence-corrected chi connectivity index (χ0v) is 15.0. The van der Waals surface area contributed by atoms with E-state index in [0.717, 1.165) is 41.4 Å². The van der Waals surface area contributed by atoms with E-state index in [1.807, 2.05) is 45.0 Å². The van der Waals surface area contributed by atoms with E-state index in [-0.39, 0.29) is 18.6 Å². The van der Waals surface area contributed by atoms with E-state index in [9.17, 15) is 9.59 Å². The highest BCUT2D eigenvalue weighted by atomic mass is 16.5. The molecule has 1 aromatic carbocycles. The highest BCUT2D eigenvalue weighted by molar-refractivity contribution is 6.05. The number of para-hydroxylation sites is 1. The van der Waals surface area contributed by atoms with Gasteiger partial charge in [0.25, 0.3) is 5.91 Å². The van der Waals surface area contributed by atoms with Gasteiger partial charge >= 0.3 is 5.97 Å². The number of aromatic nitrogens is 1. The summed E-state index contributed by atoms with van der Waals surface area (Å²) in [5, 5.41) is 3.64. The molecule has 0 bridgehead atoms. The van der Waals surface area contributed by atoms with Gasteiger partial charge in [-0.2, -0.15) is 0 Å². The number of aryl methyl sites for hydroxylation is 1. The van der Waals surface area contributed by atoms with Gasteiger partial charge in [-0.25, -0.2) is 4.79 Å². The van der Waals surface area contributed by atoms with Crippen molar-refractivity contribution in [2.45, 2.75) is 46.1 Å². The standard InChI is InChI=1S/C20H24N2O3/c1-12(2)13(3)21-18(23)11-25-20(24)19-14-7-4-5-9-16(14)22-17-10-6-8-15(17)19/h4-5,7,9,12-13H,6,8,10-11H2,1-3H3,(H,21,23)/t13-/m1/s1. The molecule has 25 heavy (non-hydrogen) atoms. The first kappa shape index (κ1) is 17.4. The number of rotatable bonds is 5. The second kappa shape index (κ2) is 7.21. The molecule has 0 unspecified atom stereocenters. The predicted octanol–water partition coefficient (Wildman–Crippen LogP) is 3.04. The Balaban J connectivity index is 1.80. The van der Waals surface area contributed by atoms with Crippen molar-refractivity contribution in [2.75, 3.05) is 6.61 Å². The topological polar surface area (TPSA) is 68.3 Å². The SMILES string of the molecule is CC(C)[C@@H](C)NC(=O)COC(=O)c1c2c(nc3ccccc13)CCC2. The molecule has 1 heterocycles. The molecule has 3 rings (SSSR count). The van der Waals surface area contributed by atoms with Crippen LogP contribution < -0.4 is 5.32 Å². The van der Waals surface area contributed by atoms with Gasteiger partial charge in [0.1, 0.15) is 0 Å². The van der Waals surface area contributed by atoms with Crippen LogP contribution in [0, 0.1) is 5.92 Å². The monoisotopic (exact) mass is 340 g/mol. The molecule has 0 aliphatic heterocycles. The molecule has 5 nitrogen and oxygen atoms in total. The van der Waals surface area contributed by atoms with Gasteiger partial charge in [-0.3, -0.25) is 9.78 Å². The van der Waals surface area contributed by atoms with Crippen LogP contribution in [0.2, 0.25) is 0 Å². The number of carbonyl (C=O) groups is 2. The molecular weight excluding hydrogens is 316 g/mol. The summed E-state index contributed by atoms with van der Waals surface area (Å²) >= 11 is 0. The van der Waals surface area contributed by atoms with Gasteiger partial charge in [-0.05, 0) is 43.7 Å². The molecule has 132 valence electrons. The zero-order chi connectivity index (χ0) is 18.0. The quantitative estimate of drug-likeness (QED) is 0.850. The Morgan fingerprint density at radius 2 is 1.96 bits per heavy atom. The lowest BCUT2D eigenvalue weighted by Crippen LogP contribution is -2.38. The second-order valence-corrected chi connectivity index (χ2v) is 6.96. The minimum absolute atomic E-state index is 0.0391. The lowest BCUT2D eigenvalue weighted by molar-refractivity contribution is -0.125. The fourth-order valence-electron chi connectivity index (χ4n) is 3.11. The number of nitrogens with one attached hydrogen (secondary N) is 1. The van der Waals surface area contributed by atoms with Crippen LogP contribution in [0.15, 0.2) is 24.3 Å². The van der Waals surface area contributed by atoms with Gasteiger partial charge in [-0.1, -0.05) is 32.0 Å². The molecule has 1 amide bonds. The zero-order valence-electron chi connectivity index (χ0n) is 15.0. The number of hydrogen-bond acceptors (Lipinski definition) is 4. The first-order valence-corrected chi connectivity index (χ1v) is 8.84. The Morgan fingerprint density at radius 1 is 1.20 bits per heavy atom.